The molecule has 2 N–H and O–H groups in total. The summed E-state index contributed by atoms with van der Waals surface area (Å²) in [7, 11) is 0. The molecule has 2 rings (SSSR count). The van der Waals surface area contributed by atoms with Gasteiger partial charge in [0.15, 0.2) is 5.69 Å². The second-order valence-corrected chi connectivity index (χ2v) is 5.75. The Morgan fingerprint density at radius 2 is 2.11 bits per heavy atom. The van der Waals surface area contributed by atoms with Gasteiger partial charge in [-0.3, -0.25) is 4.79 Å². The van der Waals surface area contributed by atoms with Crippen molar-refractivity contribution in [1.82, 2.24) is 10.3 Å². The average molecular weight is 282 g/mol. The molecule has 5 nitrogen and oxygen atoms in total. The van der Waals surface area contributed by atoms with Crippen molar-refractivity contribution in [2.45, 2.75) is 38.5 Å². The summed E-state index contributed by atoms with van der Waals surface area (Å²) >= 11 is 1.32. The van der Waals surface area contributed by atoms with Gasteiger partial charge in [0, 0.05) is 24.3 Å². The molecule has 0 spiro atoms. The minimum absolute atomic E-state index is 0.0820. The largest absolute Gasteiger partial charge is 0.476 e. The van der Waals surface area contributed by atoms with Gasteiger partial charge >= 0.3 is 5.97 Å². The number of rotatable bonds is 5. The van der Waals surface area contributed by atoms with Gasteiger partial charge in [-0.05, 0) is 12.8 Å². The number of carbonyl (C=O) groups excluding carboxylic acids is 1. The number of nitrogens with one attached hydrogen (secondary N) is 1. The molecule has 0 aromatic carbocycles. The Hall–Kier alpha value is -1.43. The number of carbonyl (C=O) groups is 2. The quantitative estimate of drug-likeness (QED) is 0.866. The number of nitrogens with zero attached hydrogens (tertiary/aromatic N) is 1. The highest BCUT2D eigenvalue weighted by molar-refractivity contribution is 7.09. The number of aromatic carboxylic acids is 1. The summed E-state index contributed by atoms with van der Waals surface area (Å²) < 4.78 is 0. The molecule has 0 saturated heterocycles. The number of carboxylic acids is 1. The molecule has 0 aliphatic heterocycles. The first-order valence-electron chi connectivity index (χ1n) is 6.62. The van der Waals surface area contributed by atoms with Gasteiger partial charge in [-0.1, -0.05) is 19.3 Å². The van der Waals surface area contributed by atoms with Crippen LogP contribution in [0.25, 0.3) is 0 Å². The van der Waals surface area contributed by atoms with Crippen molar-refractivity contribution in [3.05, 3.63) is 16.1 Å². The molecule has 6 heteroatoms. The van der Waals surface area contributed by atoms with Gasteiger partial charge in [0.2, 0.25) is 5.91 Å². The van der Waals surface area contributed by atoms with Gasteiger partial charge in [0.05, 0.1) is 5.01 Å². The van der Waals surface area contributed by atoms with Crippen molar-refractivity contribution in [2.75, 3.05) is 6.54 Å². The van der Waals surface area contributed by atoms with E-state index in [9.17, 15) is 9.59 Å². The van der Waals surface area contributed by atoms with Gasteiger partial charge in [-0.25, -0.2) is 9.78 Å². The topological polar surface area (TPSA) is 79.3 Å². The second kappa shape index (κ2) is 6.65. The Bertz CT molecular complexity index is 452. The van der Waals surface area contributed by atoms with E-state index in [-0.39, 0.29) is 17.5 Å². The fourth-order valence-corrected chi connectivity index (χ4v) is 3.10. The highest BCUT2D eigenvalue weighted by Gasteiger charge is 2.20. The monoisotopic (exact) mass is 282 g/mol. The third kappa shape index (κ3) is 4.02. The van der Waals surface area contributed by atoms with Crippen LogP contribution in [0.15, 0.2) is 5.38 Å². The number of thiazole rings is 1. The molecule has 104 valence electrons. The summed E-state index contributed by atoms with van der Waals surface area (Å²) in [6.07, 6.45) is 6.11. The molecule has 1 aliphatic carbocycles. The maximum absolute atomic E-state index is 11.9. The van der Waals surface area contributed by atoms with Crippen LogP contribution in [-0.4, -0.2) is 28.5 Å². The molecule has 1 amide bonds. The van der Waals surface area contributed by atoms with Gasteiger partial charge < -0.3 is 10.4 Å². The van der Waals surface area contributed by atoms with Gasteiger partial charge in [0.25, 0.3) is 0 Å². The zero-order valence-electron chi connectivity index (χ0n) is 10.7. The predicted molar refractivity (Wildman–Crippen MR) is 72.4 cm³/mol. The Morgan fingerprint density at radius 3 is 2.74 bits per heavy atom. The van der Waals surface area contributed by atoms with Crippen LogP contribution < -0.4 is 5.32 Å². The average Bonchev–Trinajstić information content (AvgIpc) is 2.89. The molecule has 0 unspecified atom stereocenters. The summed E-state index contributed by atoms with van der Waals surface area (Å²) in [5.74, 6) is -0.705. The first-order chi connectivity index (χ1) is 9.16. The van der Waals surface area contributed by atoms with E-state index >= 15 is 0 Å². The van der Waals surface area contributed by atoms with Crippen LogP contribution in [0.1, 0.15) is 47.6 Å². The fourth-order valence-electron chi connectivity index (χ4n) is 2.33. The van der Waals surface area contributed by atoms with Crippen LogP contribution >= 0.6 is 11.3 Å². The number of hydrogen-bond donors (Lipinski definition) is 2. The highest BCUT2D eigenvalue weighted by atomic mass is 32.1. The molecule has 0 radical (unpaired) electrons. The predicted octanol–water partition coefficient (Wildman–Crippen LogP) is 2.08. The van der Waals surface area contributed by atoms with Crippen molar-refractivity contribution in [2.24, 2.45) is 5.92 Å². The second-order valence-electron chi connectivity index (χ2n) is 4.81. The SMILES string of the molecule is O=C(O)c1csc(CCNC(=O)C2CCCCC2)n1. The van der Waals surface area contributed by atoms with E-state index < -0.39 is 5.97 Å². The lowest BCUT2D eigenvalue weighted by molar-refractivity contribution is -0.125. The van der Waals surface area contributed by atoms with E-state index in [2.05, 4.69) is 10.3 Å². The normalized spacial score (nSPS) is 16.2. The van der Waals surface area contributed by atoms with Gasteiger partial charge in [0.1, 0.15) is 0 Å². The first-order valence-corrected chi connectivity index (χ1v) is 7.50. The van der Waals surface area contributed by atoms with Crippen LogP contribution in [0.2, 0.25) is 0 Å². The Balaban J connectivity index is 1.73. The van der Waals surface area contributed by atoms with E-state index in [0.717, 1.165) is 30.7 Å². The van der Waals surface area contributed by atoms with Crippen LogP contribution in [0, 0.1) is 5.92 Å². The molecule has 19 heavy (non-hydrogen) atoms. The lowest BCUT2D eigenvalue weighted by atomic mass is 9.89. The van der Waals surface area contributed by atoms with Crippen molar-refractivity contribution < 1.29 is 14.7 Å². The van der Waals surface area contributed by atoms with Crippen molar-refractivity contribution in [3.8, 4) is 0 Å². The molecule has 1 saturated carbocycles. The minimum atomic E-state index is -1.01. The van der Waals surface area contributed by atoms with Gasteiger partial charge in [-0.2, -0.15) is 0 Å². The number of hydrogen-bond acceptors (Lipinski definition) is 4. The number of aromatic nitrogens is 1. The van der Waals surface area contributed by atoms with Gasteiger partial charge in [-0.15, -0.1) is 11.3 Å². The minimum Gasteiger partial charge on any atom is -0.476 e. The van der Waals surface area contributed by atoms with Crippen LogP contribution in [-0.2, 0) is 11.2 Å². The molecular weight excluding hydrogens is 264 g/mol. The summed E-state index contributed by atoms with van der Waals surface area (Å²) in [5.41, 5.74) is 0.0820. The van der Waals surface area contributed by atoms with E-state index in [4.69, 9.17) is 5.11 Å². The summed E-state index contributed by atoms with van der Waals surface area (Å²) in [5, 5.41) is 14.0. The molecule has 1 aliphatic rings. The Morgan fingerprint density at radius 1 is 1.37 bits per heavy atom. The van der Waals surface area contributed by atoms with Crippen molar-refractivity contribution >= 4 is 23.2 Å². The van der Waals surface area contributed by atoms with Crippen molar-refractivity contribution in [3.63, 3.8) is 0 Å². The first kappa shape index (κ1) is 14.0. The molecule has 1 aromatic heterocycles. The summed E-state index contributed by atoms with van der Waals surface area (Å²) in [6, 6.07) is 0. The lowest BCUT2D eigenvalue weighted by Gasteiger charge is -2.20. The zero-order chi connectivity index (χ0) is 13.7. The summed E-state index contributed by atoms with van der Waals surface area (Å²) in [6.45, 7) is 0.530. The fraction of sp³-hybridized carbons (Fsp3) is 0.615. The molecule has 1 aromatic rings. The van der Waals surface area contributed by atoms with E-state index in [1.54, 1.807) is 0 Å². The molecule has 0 atom stereocenters. The molecule has 0 bridgehead atoms. The zero-order valence-corrected chi connectivity index (χ0v) is 11.5. The smallest absolute Gasteiger partial charge is 0.355 e. The van der Waals surface area contributed by atoms with E-state index in [1.807, 2.05) is 0 Å². The van der Waals surface area contributed by atoms with E-state index in [1.165, 1.54) is 23.1 Å². The molecular formula is C13H18N2O3S. The Kier molecular flexibility index (Phi) is 4.90. The van der Waals surface area contributed by atoms with Crippen LogP contribution in [0.3, 0.4) is 0 Å². The van der Waals surface area contributed by atoms with Crippen molar-refractivity contribution in [1.29, 1.82) is 0 Å². The maximum atomic E-state index is 11.9. The van der Waals surface area contributed by atoms with E-state index in [0.29, 0.717) is 13.0 Å². The number of amides is 1. The lowest BCUT2D eigenvalue weighted by Crippen LogP contribution is -2.33. The third-order valence-electron chi connectivity index (χ3n) is 3.38. The summed E-state index contributed by atoms with van der Waals surface area (Å²) in [4.78, 5) is 26.5. The highest BCUT2D eigenvalue weighted by Crippen LogP contribution is 2.23. The van der Waals surface area contributed by atoms with Crippen LogP contribution in [0.5, 0.6) is 0 Å². The number of carboxylic acid groups (broad SMARTS) is 1. The third-order valence-corrected chi connectivity index (χ3v) is 4.29. The van der Waals surface area contributed by atoms with Crippen LogP contribution in [0.4, 0.5) is 0 Å². The molecule has 1 fully saturated rings. The molecule has 1 heterocycles. The maximum Gasteiger partial charge on any atom is 0.355 e. The Labute approximate surface area is 116 Å². The standard InChI is InChI=1S/C13H18N2O3S/c16-12(9-4-2-1-3-5-9)14-7-6-11-15-10(8-19-11)13(17)18/h8-9H,1-7H2,(H,14,16)(H,17,18).